The Morgan fingerprint density at radius 3 is 3.13 bits per heavy atom. The predicted octanol–water partition coefficient (Wildman–Crippen LogP) is -0.871. The molecule has 3 N–H and O–H groups in total. The van der Waals surface area contributed by atoms with Crippen molar-refractivity contribution in [2.75, 3.05) is 6.54 Å². The maximum Gasteiger partial charge on any atom is 0.237 e. The summed E-state index contributed by atoms with van der Waals surface area (Å²) in [5.41, 5.74) is 0. The maximum atomic E-state index is 11.7. The third-order valence-electron chi connectivity index (χ3n) is 2.48. The van der Waals surface area contributed by atoms with E-state index in [0.29, 0.717) is 5.82 Å². The summed E-state index contributed by atoms with van der Waals surface area (Å²) in [7, 11) is 0. The van der Waals surface area contributed by atoms with Crippen LogP contribution in [-0.4, -0.2) is 39.1 Å². The molecule has 2 atom stereocenters. The zero-order chi connectivity index (χ0) is 10.7. The van der Waals surface area contributed by atoms with Gasteiger partial charge in [-0.15, -0.1) is 10.2 Å². The summed E-state index contributed by atoms with van der Waals surface area (Å²) in [6.07, 6.45) is 1.94. The Bertz CT molecular complexity index is 318. The van der Waals surface area contributed by atoms with Crippen LogP contribution in [-0.2, 0) is 4.79 Å². The number of carbonyl (C=O) groups excluding carboxylic acids is 1. The average Bonchev–Trinajstić information content (AvgIpc) is 2.91. The molecule has 1 saturated heterocycles. The summed E-state index contributed by atoms with van der Waals surface area (Å²) in [6, 6.07) is -0.280. The summed E-state index contributed by atoms with van der Waals surface area (Å²) in [5.74, 6) is 0.506. The second-order valence-corrected chi connectivity index (χ2v) is 3.65. The predicted molar refractivity (Wildman–Crippen MR) is 51.8 cm³/mol. The lowest BCUT2D eigenvalue weighted by Crippen LogP contribution is -2.41. The lowest BCUT2D eigenvalue weighted by Gasteiger charge is -2.14. The van der Waals surface area contributed by atoms with Gasteiger partial charge >= 0.3 is 0 Å². The van der Waals surface area contributed by atoms with Crippen molar-refractivity contribution in [1.82, 2.24) is 31.3 Å². The van der Waals surface area contributed by atoms with Crippen LogP contribution in [0.15, 0.2) is 0 Å². The van der Waals surface area contributed by atoms with E-state index in [1.165, 1.54) is 0 Å². The van der Waals surface area contributed by atoms with Crippen molar-refractivity contribution in [3.8, 4) is 0 Å². The minimum absolute atomic E-state index is 0.00444. The highest BCUT2D eigenvalue weighted by atomic mass is 16.2. The molecular formula is C8H14N6O. The first-order valence-corrected chi connectivity index (χ1v) is 5.04. The van der Waals surface area contributed by atoms with E-state index in [2.05, 4.69) is 31.3 Å². The van der Waals surface area contributed by atoms with Gasteiger partial charge in [0.15, 0.2) is 5.82 Å². The van der Waals surface area contributed by atoms with Gasteiger partial charge in [-0.25, -0.2) is 0 Å². The maximum absolute atomic E-state index is 11.7. The number of nitrogens with zero attached hydrogens (tertiary/aromatic N) is 3. The number of tetrazole rings is 1. The third kappa shape index (κ3) is 2.30. The Kier molecular flexibility index (Phi) is 2.91. The summed E-state index contributed by atoms with van der Waals surface area (Å²) in [4.78, 5) is 11.7. The number of rotatable bonds is 3. The van der Waals surface area contributed by atoms with E-state index in [0.717, 1.165) is 19.4 Å². The Morgan fingerprint density at radius 2 is 2.53 bits per heavy atom. The SMILES string of the molecule is CC(NC(=O)[C@H]1CCCN1)c1nn[nH]n1. The summed E-state index contributed by atoms with van der Waals surface area (Å²) in [6.45, 7) is 2.74. The Labute approximate surface area is 87.0 Å². The van der Waals surface area contributed by atoms with Gasteiger partial charge in [0, 0.05) is 0 Å². The summed E-state index contributed by atoms with van der Waals surface area (Å²) >= 11 is 0. The minimum atomic E-state index is -0.210. The normalized spacial score (nSPS) is 22.6. The average molecular weight is 210 g/mol. The van der Waals surface area contributed by atoms with Crippen molar-refractivity contribution in [3.63, 3.8) is 0 Å². The molecule has 15 heavy (non-hydrogen) atoms. The first-order chi connectivity index (χ1) is 7.27. The highest BCUT2D eigenvalue weighted by Gasteiger charge is 2.24. The Balaban J connectivity index is 1.88. The molecule has 0 spiro atoms. The second kappa shape index (κ2) is 4.35. The van der Waals surface area contributed by atoms with E-state index in [4.69, 9.17) is 0 Å². The molecule has 1 unspecified atom stereocenters. The molecule has 0 radical (unpaired) electrons. The van der Waals surface area contributed by atoms with E-state index in [1.807, 2.05) is 6.92 Å². The molecule has 1 aromatic heterocycles. The molecule has 1 aromatic rings. The lowest BCUT2D eigenvalue weighted by molar-refractivity contribution is -0.123. The number of carbonyl (C=O) groups is 1. The zero-order valence-corrected chi connectivity index (χ0v) is 8.53. The standard InChI is InChI=1S/C8H14N6O/c1-5(7-11-13-14-12-7)10-8(15)6-3-2-4-9-6/h5-6,9H,2-4H2,1H3,(H,10,15)(H,11,12,13,14)/t5?,6-/m1/s1. The number of hydrogen-bond acceptors (Lipinski definition) is 5. The zero-order valence-electron chi connectivity index (χ0n) is 8.53. The first kappa shape index (κ1) is 10.0. The van der Waals surface area contributed by atoms with Crippen molar-refractivity contribution in [1.29, 1.82) is 0 Å². The minimum Gasteiger partial charge on any atom is -0.345 e. The van der Waals surface area contributed by atoms with E-state index in [-0.39, 0.29) is 18.0 Å². The second-order valence-electron chi connectivity index (χ2n) is 3.65. The lowest BCUT2D eigenvalue weighted by atomic mass is 10.2. The number of H-pyrrole nitrogens is 1. The smallest absolute Gasteiger partial charge is 0.237 e. The van der Waals surface area contributed by atoms with Gasteiger partial charge in [0.25, 0.3) is 0 Å². The fraction of sp³-hybridized carbons (Fsp3) is 0.750. The van der Waals surface area contributed by atoms with Crippen LogP contribution in [0.2, 0.25) is 0 Å². The van der Waals surface area contributed by atoms with E-state index >= 15 is 0 Å². The third-order valence-corrected chi connectivity index (χ3v) is 2.48. The number of amides is 1. The van der Waals surface area contributed by atoms with Crippen molar-refractivity contribution in [3.05, 3.63) is 5.82 Å². The molecule has 0 aromatic carbocycles. The van der Waals surface area contributed by atoms with Crippen LogP contribution in [0.1, 0.15) is 31.6 Å². The van der Waals surface area contributed by atoms with Crippen LogP contribution >= 0.6 is 0 Å². The molecule has 2 rings (SSSR count). The van der Waals surface area contributed by atoms with Gasteiger partial charge in [-0.05, 0) is 26.3 Å². The van der Waals surface area contributed by atoms with Gasteiger partial charge in [-0.2, -0.15) is 5.21 Å². The molecule has 0 saturated carbocycles. The molecule has 0 aliphatic carbocycles. The van der Waals surface area contributed by atoms with Crippen LogP contribution in [0.5, 0.6) is 0 Å². The topological polar surface area (TPSA) is 95.6 Å². The molecule has 7 heteroatoms. The molecular weight excluding hydrogens is 196 g/mol. The van der Waals surface area contributed by atoms with Crippen molar-refractivity contribution in [2.24, 2.45) is 0 Å². The summed E-state index contributed by atoms with van der Waals surface area (Å²) < 4.78 is 0. The summed E-state index contributed by atoms with van der Waals surface area (Å²) in [5, 5.41) is 19.4. The molecule has 7 nitrogen and oxygen atoms in total. The number of nitrogens with one attached hydrogen (secondary N) is 3. The highest BCUT2D eigenvalue weighted by molar-refractivity contribution is 5.82. The van der Waals surface area contributed by atoms with Crippen LogP contribution in [0.3, 0.4) is 0 Å². The fourth-order valence-electron chi connectivity index (χ4n) is 1.64. The van der Waals surface area contributed by atoms with Crippen molar-refractivity contribution < 1.29 is 4.79 Å². The van der Waals surface area contributed by atoms with Crippen LogP contribution in [0.4, 0.5) is 0 Å². The molecule has 0 bridgehead atoms. The van der Waals surface area contributed by atoms with Crippen molar-refractivity contribution >= 4 is 5.91 Å². The molecule has 1 fully saturated rings. The van der Waals surface area contributed by atoms with Crippen LogP contribution < -0.4 is 10.6 Å². The van der Waals surface area contributed by atoms with Crippen LogP contribution in [0, 0.1) is 0 Å². The molecule has 1 amide bonds. The number of aromatic nitrogens is 4. The Hall–Kier alpha value is -1.50. The van der Waals surface area contributed by atoms with Gasteiger partial charge in [-0.3, -0.25) is 4.79 Å². The monoisotopic (exact) mass is 210 g/mol. The van der Waals surface area contributed by atoms with Crippen LogP contribution in [0.25, 0.3) is 0 Å². The van der Waals surface area contributed by atoms with Gasteiger partial charge < -0.3 is 10.6 Å². The van der Waals surface area contributed by atoms with Gasteiger partial charge in [0.2, 0.25) is 5.91 Å². The quantitative estimate of drug-likeness (QED) is 0.602. The first-order valence-electron chi connectivity index (χ1n) is 5.04. The molecule has 1 aliphatic heterocycles. The van der Waals surface area contributed by atoms with E-state index < -0.39 is 0 Å². The number of hydrogen-bond donors (Lipinski definition) is 3. The molecule has 82 valence electrons. The largest absolute Gasteiger partial charge is 0.345 e. The molecule has 1 aliphatic rings. The number of aromatic amines is 1. The Morgan fingerprint density at radius 1 is 1.67 bits per heavy atom. The van der Waals surface area contributed by atoms with E-state index in [9.17, 15) is 4.79 Å². The highest BCUT2D eigenvalue weighted by Crippen LogP contribution is 2.08. The van der Waals surface area contributed by atoms with E-state index in [1.54, 1.807) is 0 Å². The fourth-order valence-corrected chi connectivity index (χ4v) is 1.64. The van der Waals surface area contributed by atoms with Gasteiger partial charge in [0.05, 0.1) is 12.1 Å². The van der Waals surface area contributed by atoms with Crippen molar-refractivity contribution in [2.45, 2.75) is 31.8 Å². The van der Waals surface area contributed by atoms with Gasteiger partial charge in [0.1, 0.15) is 0 Å². The van der Waals surface area contributed by atoms with Gasteiger partial charge in [-0.1, -0.05) is 5.21 Å². The molecule has 2 heterocycles.